The van der Waals surface area contributed by atoms with E-state index in [-0.39, 0.29) is 5.54 Å². The van der Waals surface area contributed by atoms with Crippen molar-refractivity contribution in [3.8, 4) is 5.75 Å². The van der Waals surface area contributed by atoms with Gasteiger partial charge in [0, 0.05) is 6.42 Å². The Kier molecular flexibility index (Phi) is 4.23. The molecule has 2 aliphatic rings. The normalized spacial score (nSPS) is 22.5. The molecule has 3 nitrogen and oxygen atoms in total. The molecule has 1 aromatic rings. The third kappa shape index (κ3) is 2.69. The van der Waals surface area contributed by atoms with Crippen LogP contribution in [0.4, 0.5) is 0 Å². The van der Waals surface area contributed by atoms with E-state index >= 15 is 0 Å². The minimum absolute atomic E-state index is 0.121. The molecular formula is C18H27NO2. The first-order valence-electron chi connectivity index (χ1n) is 8.25. The monoisotopic (exact) mass is 289 g/mol. The Bertz CT molecular complexity index is 490. The first-order valence-corrected chi connectivity index (χ1v) is 8.25. The maximum atomic E-state index is 11.1. The molecule has 1 unspecified atom stereocenters. The largest absolute Gasteiger partial charge is 0.493 e. The van der Waals surface area contributed by atoms with Gasteiger partial charge in [-0.2, -0.15) is 0 Å². The van der Waals surface area contributed by atoms with Crippen LogP contribution in [0.2, 0.25) is 0 Å². The number of benzene rings is 1. The molecule has 1 aromatic carbocycles. The average Bonchev–Trinajstić information content (AvgIpc) is 2.80. The molecule has 21 heavy (non-hydrogen) atoms. The topological polar surface area (TPSA) is 32.7 Å². The van der Waals surface area contributed by atoms with Gasteiger partial charge in [0.15, 0.2) is 0 Å². The third-order valence-electron chi connectivity index (χ3n) is 5.40. The van der Waals surface area contributed by atoms with Crippen LogP contribution in [0.25, 0.3) is 0 Å². The molecule has 1 saturated carbocycles. The Morgan fingerprint density at radius 2 is 1.86 bits per heavy atom. The van der Waals surface area contributed by atoms with Gasteiger partial charge in [0.1, 0.15) is 5.75 Å². The van der Waals surface area contributed by atoms with Crippen molar-refractivity contribution in [2.75, 3.05) is 20.7 Å². The quantitative estimate of drug-likeness (QED) is 0.867. The van der Waals surface area contributed by atoms with Crippen LogP contribution in [0.5, 0.6) is 5.75 Å². The van der Waals surface area contributed by atoms with Crippen molar-refractivity contribution in [1.82, 2.24) is 4.90 Å². The highest BCUT2D eigenvalue weighted by molar-refractivity contribution is 5.41. The van der Waals surface area contributed by atoms with E-state index in [1.54, 1.807) is 0 Å². The second-order valence-electron chi connectivity index (χ2n) is 6.78. The number of fused-ring (bicyclic) bond motifs is 1. The summed E-state index contributed by atoms with van der Waals surface area (Å²) in [6, 6.07) is 6.23. The van der Waals surface area contributed by atoms with Crippen LogP contribution in [-0.2, 0) is 6.42 Å². The molecule has 0 aromatic heterocycles. The molecule has 0 saturated heterocycles. The van der Waals surface area contributed by atoms with Crippen LogP contribution < -0.4 is 4.74 Å². The Morgan fingerprint density at radius 1 is 1.14 bits per heavy atom. The number of nitrogens with zero attached hydrogens (tertiary/aromatic N) is 1. The summed E-state index contributed by atoms with van der Waals surface area (Å²) in [5, 5.41) is 11.1. The molecule has 0 radical (unpaired) electrons. The Labute approximate surface area is 127 Å². The number of hydrogen-bond acceptors (Lipinski definition) is 3. The fourth-order valence-corrected chi connectivity index (χ4v) is 3.99. The summed E-state index contributed by atoms with van der Waals surface area (Å²) in [7, 11) is 4.23. The average molecular weight is 289 g/mol. The highest BCUT2D eigenvalue weighted by atomic mass is 16.5. The van der Waals surface area contributed by atoms with E-state index < -0.39 is 6.10 Å². The molecule has 1 aliphatic heterocycles. The van der Waals surface area contributed by atoms with Gasteiger partial charge in [-0.05, 0) is 50.2 Å². The summed E-state index contributed by atoms with van der Waals surface area (Å²) in [6.07, 6.45) is 7.71. The van der Waals surface area contributed by atoms with Gasteiger partial charge in [0.05, 0.1) is 18.2 Å². The van der Waals surface area contributed by atoms with Crippen LogP contribution in [0, 0.1) is 0 Å². The van der Waals surface area contributed by atoms with E-state index in [9.17, 15) is 5.11 Å². The zero-order chi connectivity index (χ0) is 14.9. The van der Waals surface area contributed by atoms with Gasteiger partial charge in [-0.15, -0.1) is 0 Å². The molecule has 0 bridgehead atoms. The maximum Gasteiger partial charge on any atom is 0.122 e. The highest BCUT2D eigenvalue weighted by Crippen LogP contribution is 2.42. The van der Waals surface area contributed by atoms with Gasteiger partial charge in [0.2, 0.25) is 0 Å². The summed E-state index contributed by atoms with van der Waals surface area (Å²) in [5.41, 5.74) is 2.17. The Hall–Kier alpha value is -1.06. The smallest absolute Gasteiger partial charge is 0.122 e. The molecule has 1 atom stereocenters. The SMILES string of the molecule is CN(C)C1(C(O)c2ccc3c(c2)CCO3)CCCCCC1. The molecule has 1 fully saturated rings. The lowest BCUT2D eigenvalue weighted by molar-refractivity contribution is -0.0199. The van der Waals surface area contributed by atoms with Crippen LogP contribution in [0.3, 0.4) is 0 Å². The van der Waals surface area contributed by atoms with Crippen LogP contribution in [-0.4, -0.2) is 36.2 Å². The third-order valence-corrected chi connectivity index (χ3v) is 5.40. The zero-order valence-electron chi connectivity index (χ0n) is 13.3. The number of rotatable bonds is 3. The summed E-state index contributed by atoms with van der Waals surface area (Å²) >= 11 is 0. The minimum Gasteiger partial charge on any atom is -0.493 e. The molecule has 1 heterocycles. The molecular weight excluding hydrogens is 262 g/mol. The Morgan fingerprint density at radius 3 is 2.52 bits per heavy atom. The number of aliphatic hydroxyl groups excluding tert-OH is 1. The second-order valence-corrected chi connectivity index (χ2v) is 6.78. The summed E-state index contributed by atoms with van der Waals surface area (Å²) < 4.78 is 5.58. The zero-order valence-corrected chi connectivity index (χ0v) is 13.3. The van der Waals surface area contributed by atoms with Crippen molar-refractivity contribution in [1.29, 1.82) is 0 Å². The molecule has 1 aliphatic carbocycles. The van der Waals surface area contributed by atoms with E-state index in [0.717, 1.165) is 37.2 Å². The van der Waals surface area contributed by atoms with Crippen molar-refractivity contribution in [3.05, 3.63) is 29.3 Å². The van der Waals surface area contributed by atoms with Gasteiger partial charge in [-0.1, -0.05) is 31.7 Å². The number of ether oxygens (including phenoxy) is 1. The number of aliphatic hydroxyl groups is 1. The molecule has 3 heteroatoms. The van der Waals surface area contributed by atoms with E-state index in [1.165, 1.54) is 31.2 Å². The lowest BCUT2D eigenvalue weighted by Gasteiger charge is -2.43. The molecule has 116 valence electrons. The highest BCUT2D eigenvalue weighted by Gasteiger charge is 2.41. The van der Waals surface area contributed by atoms with E-state index in [1.807, 2.05) is 12.1 Å². The predicted molar refractivity (Wildman–Crippen MR) is 84.7 cm³/mol. The molecule has 0 amide bonds. The molecule has 3 rings (SSSR count). The van der Waals surface area contributed by atoms with E-state index in [0.29, 0.717) is 0 Å². The van der Waals surface area contributed by atoms with Gasteiger partial charge < -0.3 is 14.7 Å². The van der Waals surface area contributed by atoms with Gasteiger partial charge in [-0.3, -0.25) is 0 Å². The lowest BCUT2D eigenvalue weighted by atomic mass is 9.79. The molecule has 1 N–H and O–H groups in total. The number of likely N-dealkylation sites (N-methyl/N-ethyl adjacent to an activating group) is 1. The Balaban J connectivity index is 1.91. The summed E-state index contributed by atoms with van der Waals surface area (Å²) in [4.78, 5) is 2.26. The fourth-order valence-electron chi connectivity index (χ4n) is 3.99. The minimum atomic E-state index is -0.420. The van der Waals surface area contributed by atoms with Crippen LogP contribution in [0.15, 0.2) is 18.2 Å². The van der Waals surface area contributed by atoms with Crippen LogP contribution in [0.1, 0.15) is 55.8 Å². The maximum absolute atomic E-state index is 11.1. The van der Waals surface area contributed by atoms with Crippen LogP contribution >= 0.6 is 0 Å². The van der Waals surface area contributed by atoms with Crippen molar-refractivity contribution in [2.24, 2.45) is 0 Å². The van der Waals surface area contributed by atoms with Gasteiger partial charge in [-0.25, -0.2) is 0 Å². The fraction of sp³-hybridized carbons (Fsp3) is 0.667. The van der Waals surface area contributed by atoms with Gasteiger partial charge >= 0.3 is 0 Å². The van der Waals surface area contributed by atoms with Crippen molar-refractivity contribution in [2.45, 2.75) is 56.6 Å². The predicted octanol–water partition coefficient (Wildman–Crippen LogP) is 3.31. The van der Waals surface area contributed by atoms with E-state index in [4.69, 9.17) is 4.74 Å². The molecule has 0 spiro atoms. The summed E-state index contributed by atoms with van der Waals surface area (Å²) in [5.74, 6) is 0.991. The first-order chi connectivity index (χ1) is 10.1. The second kappa shape index (κ2) is 5.98. The van der Waals surface area contributed by atoms with Crippen molar-refractivity contribution in [3.63, 3.8) is 0 Å². The lowest BCUT2D eigenvalue weighted by Crippen LogP contribution is -2.49. The number of hydrogen-bond donors (Lipinski definition) is 1. The van der Waals surface area contributed by atoms with Crippen molar-refractivity contribution < 1.29 is 9.84 Å². The van der Waals surface area contributed by atoms with Gasteiger partial charge in [0.25, 0.3) is 0 Å². The standard InChI is InChI=1S/C18H27NO2/c1-19(2)18(10-5-3-4-6-11-18)17(20)15-7-8-16-14(13-15)9-12-21-16/h7-8,13,17,20H,3-6,9-12H2,1-2H3. The summed E-state index contributed by atoms with van der Waals surface area (Å²) in [6.45, 7) is 0.772. The first kappa shape index (κ1) is 14.9. The van der Waals surface area contributed by atoms with Crippen molar-refractivity contribution >= 4 is 0 Å². The van der Waals surface area contributed by atoms with E-state index in [2.05, 4.69) is 25.1 Å².